The summed E-state index contributed by atoms with van der Waals surface area (Å²) >= 11 is 0. The summed E-state index contributed by atoms with van der Waals surface area (Å²) in [7, 11) is 4.92. The van der Waals surface area contributed by atoms with Crippen LogP contribution < -0.4 is 10.2 Å². The lowest BCUT2D eigenvalue weighted by Gasteiger charge is -2.30. The number of carboxylic acid groups (broad SMARTS) is 4. The highest BCUT2D eigenvalue weighted by Crippen LogP contribution is 2.19. The minimum absolute atomic E-state index is 1.37. The number of unbranched alkanes of at least 4 members (excludes halogenated alkanes) is 3. The Morgan fingerprint density at radius 3 is 1.15 bits per heavy atom. The van der Waals surface area contributed by atoms with Gasteiger partial charge in [0.25, 0.3) is 0 Å². The van der Waals surface area contributed by atoms with Gasteiger partial charge in [0.2, 0.25) is 12.3 Å². The Labute approximate surface area is 156 Å². The second kappa shape index (κ2) is 12.8. The van der Waals surface area contributed by atoms with Gasteiger partial charge in [-0.25, -0.2) is 0 Å². The van der Waals surface area contributed by atoms with Crippen LogP contribution in [0.15, 0.2) is 0 Å². The molecule has 0 spiro atoms. The molecule has 8 nitrogen and oxygen atoms in total. The van der Waals surface area contributed by atoms with Gasteiger partial charge in [-0.15, -0.1) is 0 Å². The van der Waals surface area contributed by atoms with Gasteiger partial charge in [-0.1, -0.05) is 0 Å². The van der Waals surface area contributed by atoms with E-state index in [2.05, 4.69) is 14.1 Å². The van der Waals surface area contributed by atoms with Gasteiger partial charge in [0.1, 0.15) is 0 Å². The van der Waals surface area contributed by atoms with E-state index in [1.165, 1.54) is 99.6 Å². The average molecular weight is 376 g/mol. The molecule has 0 unspecified atom stereocenters. The van der Waals surface area contributed by atoms with Crippen molar-refractivity contribution in [3.8, 4) is 0 Å². The van der Waals surface area contributed by atoms with Crippen LogP contribution in [0.3, 0.4) is 0 Å². The molecule has 0 atom stereocenters. The van der Waals surface area contributed by atoms with Crippen molar-refractivity contribution in [2.75, 3.05) is 53.4 Å². The number of hydrogen-bond donors (Lipinski definition) is 2. The zero-order valence-electron chi connectivity index (χ0n) is 16.3. The highest BCUT2D eigenvalue weighted by molar-refractivity contribution is 5.50. The monoisotopic (exact) mass is 376 g/mol. The largest absolute Gasteiger partial charge is 0.565 e. The van der Waals surface area contributed by atoms with Crippen LogP contribution in [0, 0.1) is 0 Å². The third-order valence-corrected chi connectivity index (χ3v) is 5.44. The molecular formula is C18H36N2O6. The summed E-state index contributed by atoms with van der Waals surface area (Å²) in [6.07, 6.45) is 7.54. The summed E-state index contributed by atoms with van der Waals surface area (Å²) in [5.41, 5.74) is 0. The maximum absolute atomic E-state index is 8.44. The summed E-state index contributed by atoms with van der Waals surface area (Å²) in [6, 6.07) is 0. The highest BCUT2D eigenvalue weighted by Gasteiger charge is 2.27. The van der Waals surface area contributed by atoms with Crippen LogP contribution in [0.25, 0.3) is 0 Å². The van der Waals surface area contributed by atoms with E-state index in [-0.39, 0.29) is 0 Å². The van der Waals surface area contributed by atoms with Crippen molar-refractivity contribution >= 4 is 12.3 Å². The second-order valence-corrected chi connectivity index (χ2v) is 7.94. The maximum Gasteiger partial charge on any atom is 0.249 e. The van der Waals surface area contributed by atoms with Gasteiger partial charge in [0.05, 0.1) is 53.4 Å². The van der Waals surface area contributed by atoms with Crippen molar-refractivity contribution in [1.29, 1.82) is 0 Å². The van der Waals surface area contributed by atoms with Gasteiger partial charge in [-0.05, 0) is 25.7 Å². The molecule has 0 radical (unpaired) electrons. The van der Waals surface area contributed by atoms with E-state index >= 15 is 0 Å². The molecule has 0 aromatic carbocycles. The zero-order chi connectivity index (χ0) is 20.1. The molecule has 0 aliphatic carbocycles. The molecule has 0 bridgehead atoms. The van der Waals surface area contributed by atoms with Crippen molar-refractivity contribution in [3.63, 3.8) is 0 Å². The van der Waals surface area contributed by atoms with Crippen molar-refractivity contribution in [2.24, 2.45) is 0 Å². The fraction of sp³-hybridized carbons (Fsp3) is 0.889. The summed E-state index contributed by atoms with van der Waals surface area (Å²) < 4.78 is 2.74. The molecule has 2 saturated heterocycles. The van der Waals surface area contributed by atoms with Gasteiger partial charge >= 0.3 is 0 Å². The molecule has 2 N–H and O–H groups in total. The van der Waals surface area contributed by atoms with Crippen molar-refractivity contribution < 1.29 is 39.0 Å². The normalized spacial score (nSPS) is 19.6. The number of carbonyl (C=O) groups is 2. The van der Waals surface area contributed by atoms with Crippen LogP contribution >= 0.6 is 0 Å². The molecule has 0 aromatic rings. The van der Waals surface area contributed by atoms with Gasteiger partial charge in [-0.3, -0.25) is 0 Å². The molecule has 8 heteroatoms. The lowest BCUT2D eigenvalue weighted by molar-refractivity contribution is -0.898. The predicted molar refractivity (Wildman–Crippen MR) is 94.6 cm³/mol. The van der Waals surface area contributed by atoms with Gasteiger partial charge in [0, 0.05) is 25.7 Å². The van der Waals surface area contributed by atoms with Crippen molar-refractivity contribution in [3.05, 3.63) is 0 Å². The van der Waals surface area contributed by atoms with Crippen LogP contribution in [-0.2, 0) is 0 Å². The maximum atomic E-state index is 8.44. The molecule has 0 saturated carbocycles. The quantitative estimate of drug-likeness (QED) is 0.501. The third-order valence-electron chi connectivity index (χ3n) is 5.44. The molecule has 2 heterocycles. The summed E-state index contributed by atoms with van der Waals surface area (Å²) in [6.45, 7) is 8.63. The summed E-state index contributed by atoms with van der Waals surface area (Å²) in [4.78, 5) is 16.9. The van der Waals surface area contributed by atoms with Crippen molar-refractivity contribution in [2.45, 2.75) is 51.4 Å². The Balaban J connectivity index is 0.000000662. The van der Waals surface area contributed by atoms with E-state index in [1.807, 2.05) is 0 Å². The van der Waals surface area contributed by atoms with E-state index in [1.54, 1.807) is 0 Å². The Hall–Kier alpha value is -1.54. The van der Waals surface area contributed by atoms with E-state index in [9.17, 15) is 0 Å². The predicted octanol–water partition coefficient (Wildman–Crippen LogP) is 0.803. The van der Waals surface area contributed by atoms with E-state index in [4.69, 9.17) is 30.0 Å². The first-order chi connectivity index (χ1) is 12.1. The van der Waals surface area contributed by atoms with Crippen LogP contribution in [0.5, 0.6) is 0 Å². The summed E-state index contributed by atoms with van der Waals surface area (Å²) in [5, 5.41) is 30.6. The SMILES string of the molecule is C[N+]1(CCCCCC[N+]2(C)CCCC2)CCCC1.O=C([O-])O.O=C([O-])O. The van der Waals surface area contributed by atoms with E-state index in [0.717, 1.165) is 0 Å². The first-order valence-electron chi connectivity index (χ1n) is 9.56. The zero-order valence-corrected chi connectivity index (χ0v) is 16.3. The molecule has 2 rings (SSSR count). The Morgan fingerprint density at radius 2 is 0.923 bits per heavy atom. The molecule has 2 fully saturated rings. The molecule has 154 valence electrons. The Kier molecular flexibility index (Phi) is 12.0. The fourth-order valence-electron chi connectivity index (χ4n) is 3.99. The Morgan fingerprint density at radius 1 is 0.692 bits per heavy atom. The third kappa shape index (κ3) is 13.7. The Bertz CT molecular complexity index is 358. The number of quaternary nitrogens is 2. The number of rotatable bonds is 7. The fourth-order valence-corrected chi connectivity index (χ4v) is 3.99. The standard InChI is InChI=1S/C16H34N2.2CH2O3/c1-17(13-7-8-14-17)11-5-3-4-6-12-18(2)15-9-10-16-18;2*2-1(3)4/h3-16H2,1-2H3;2*(H2,2,3,4)/q+2;;/p-2. The first kappa shape index (κ1) is 24.5. The molecular weight excluding hydrogens is 340 g/mol. The summed E-state index contributed by atoms with van der Waals surface area (Å²) in [5.74, 6) is 0. The number of hydrogen-bond acceptors (Lipinski definition) is 4. The smallest absolute Gasteiger partial charge is 0.249 e. The van der Waals surface area contributed by atoms with Gasteiger partial charge in [0.15, 0.2) is 0 Å². The van der Waals surface area contributed by atoms with Crippen LogP contribution in [-0.4, -0.2) is 84.9 Å². The molecule has 2 aliphatic heterocycles. The van der Waals surface area contributed by atoms with Gasteiger partial charge in [-0.2, -0.15) is 0 Å². The van der Waals surface area contributed by atoms with E-state index < -0.39 is 12.3 Å². The highest BCUT2D eigenvalue weighted by atomic mass is 16.6. The molecule has 2 aliphatic rings. The second-order valence-electron chi connectivity index (χ2n) is 7.94. The molecule has 0 aromatic heterocycles. The van der Waals surface area contributed by atoms with E-state index in [0.29, 0.717) is 0 Å². The average Bonchev–Trinajstić information content (AvgIpc) is 3.12. The lowest BCUT2D eigenvalue weighted by atomic mass is 10.1. The molecule has 0 amide bonds. The minimum atomic E-state index is -2.08. The van der Waals surface area contributed by atoms with Crippen molar-refractivity contribution in [1.82, 2.24) is 0 Å². The topological polar surface area (TPSA) is 121 Å². The molecule has 26 heavy (non-hydrogen) atoms. The van der Waals surface area contributed by atoms with Gasteiger partial charge < -0.3 is 39.0 Å². The van der Waals surface area contributed by atoms with Crippen LogP contribution in [0.2, 0.25) is 0 Å². The first-order valence-corrected chi connectivity index (χ1v) is 9.56. The van der Waals surface area contributed by atoms with Crippen LogP contribution in [0.4, 0.5) is 9.59 Å². The lowest BCUT2D eigenvalue weighted by Crippen LogP contribution is -2.42. The number of likely N-dealkylation sites (tertiary alicyclic amines) is 2. The number of nitrogens with zero attached hydrogens (tertiary/aromatic N) is 2. The minimum Gasteiger partial charge on any atom is -0.565 e. The van der Waals surface area contributed by atoms with Crippen LogP contribution in [0.1, 0.15) is 51.4 Å².